The fraction of sp³-hybridized carbons (Fsp3) is 0.182. The number of hydrogen-bond donors (Lipinski definition) is 0. The molecule has 4 rings (SSSR count). The lowest BCUT2D eigenvalue weighted by atomic mass is 10.2. The van der Waals surface area contributed by atoms with Gasteiger partial charge in [0.2, 0.25) is 5.69 Å². The number of hydrogen-bond acceptors (Lipinski definition) is 7. The number of carbonyl (C=O) groups excluding carboxylic acids is 1. The van der Waals surface area contributed by atoms with Gasteiger partial charge in [-0.25, -0.2) is 9.48 Å². The maximum Gasteiger partial charge on any atom is 0.364 e. The average molecular weight is 404 g/mol. The predicted octanol–water partition coefficient (Wildman–Crippen LogP) is 3.85. The molecule has 2 heterocycles. The largest absolute Gasteiger partial charge is 0.497 e. The molecule has 8 heteroatoms. The van der Waals surface area contributed by atoms with Crippen LogP contribution in [0.3, 0.4) is 0 Å². The molecular weight excluding hydrogens is 384 g/mol. The van der Waals surface area contributed by atoms with Crippen LogP contribution in [0.1, 0.15) is 23.0 Å². The van der Waals surface area contributed by atoms with Crippen molar-refractivity contribution in [2.45, 2.75) is 13.5 Å². The van der Waals surface area contributed by atoms with Crippen molar-refractivity contribution in [2.24, 2.45) is 0 Å². The van der Waals surface area contributed by atoms with E-state index in [1.807, 2.05) is 48.5 Å². The Labute approximate surface area is 173 Å². The maximum absolute atomic E-state index is 12.4. The highest BCUT2D eigenvalue weighted by atomic mass is 16.5. The van der Waals surface area contributed by atoms with Crippen LogP contribution in [-0.4, -0.2) is 39.7 Å². The third kappa shape index (κ3) is 4.07. The molecule has 2 aromatic carbocycles. The summed E-state index contributed by atoms with van der Waals surface area (Å²) >= 11 is 0. The molecule has 152 valence electrons. The number of esters is 1. The van der Waals surface area contributed by atoms with Gasteiger partial charge in [-0.15, -0.1) is 5.10 Å². The first-order chi connectivity index (χ1) is 14.7. The Bertz CT molecular complexity index is 1170. The Hall–Kier alpha value is -3.94. The lowest BCUT2D eigenvalue weighted by Gasteiger charge is -2.10. The van der Waals surface area contributed by atoms with Crippen LogP contribution in [0.5, 0.6) is 17.4 Å². The van der Waals surface area contributed by atoms with Crippen LogP contribution >= 0.6 is 0 Å². The summed E-state index contributed by atoms with van der Waals surface area (Å²) in [5.41, 5.74) is 1.82. The average Bonchev–Trinajstić information content (AvgIpc) is 3.16. The molecule has 0 fully saturated rings. The summed E-state index contributed by atoms with van der Waals surface area (Å²) in [5.74, 6) is 0.925. The minimum Gasteiger partial charge on any atom is -0.497 e. The van der Waals surface area contributed by atoms with E-state index in [-0.39, 0.29) is 18.2 Å². The fourth-order valence-corrected chi connectivity index (χ4v) is 2.97. The molecule has 0 saturated heterocycles. The topological polar surface area (TPSA) is 88.4 Å². The monoisotopic (exact) mass is 404 g/mol. The van der Waals surface area contributed by atoms with Crippen molar-refractivity contribution in [2.75, 3.05) is 13.7 Å². The molecule has 0 aliphatic carbocycles. The van der Waals surface area contributed by atoms with Crippen molar-refractivity contribution in [1.29, 1.82) is 0 Å². The number of benzene rings is 2. The van der Waals surface area contributed by atoms with Crippen LogP contribution in [-0.2, 0) is 11.3 Å². The van der Waals surface area contributed by atoms with Crippen molar-refractivity contribution in [1.82, 2.24) is 20.0 Å². The fourth-order valence-electron chi connectivity index (χ4n) is 2.97. The van der Waals surface area contributed by atoms with Crippen molar-refractivity contribution in [3.63, 3.8) is 0 Å². The summed E-state index contributed by atoms with van der Waals surface area (Å²) in [5, 5.41) is 9.03. The molecular formula is C22H20N4O4. The smallest absolute Gasteiger partial charge is 0.364 e. The second kappa shape index (κ2) is 8.60. The Kier molecular flexibility index (Phi) is 5.56. The predicted molar refractivity (Wildman–Crippen MR) is 110 cm³/mol. The van der Waals surface area contributed by atoms with Gasteiger partial charge in [-0.05, 0) is 48.9 Å². The SMILES string of the molecule is CCOC(=O)c1nnn(Cc2ccc(OC)cc2)c1Oc1ccc2ncccc2c1. The second-order valence-electron chi connectivity index (χ2n) is 6.43. The molecule has 0 radical (unpaired) electrons. The first-order valence-corrected chi connectivity index (χ1v) is 9.44. The number of methoxy groups -OCH3 is 1. The zero-order valence-electron chi connectivity index (χ0n) is 16.6. The molecule has 0 unspecified atom stereocenters. The van der Waals surface area contributed by atoms with E-state index in [9.17, 15) is 4.79 Å². The van der Waals surface area contributed by atoms with E-state index in [1.165, 1.54) is 4.68 Å². The van der Waals surface area contributed by atoms with Gasteiger partial charge in [-0.1, -0.05) is 23.4 Å². The van der Waals surface area contributed by atoms with Gasteiger partial charge in [-0.2, -0.15) is 0 Å². The highest BCUT2D eigenvalue weighted by Gasteiger charge is 2.23. The minimum absolute atomic E-state index is 0.0247. The number of aromatic nitrogens is 4. The van der Waals surface area contributed by atoms with E-state index in [2.05, 4.69) is 15.3 Å². The molecule has 0 saturated carbocycles. The molecule has 30 heavy (non-hydrogen) atoms. The van der Waals surface area contributed by atoms with Gasteiger partial charge in [0.15, 0.2) is 0 Å². The first-order valence-electron chi connectivity index (χ1n) is 9.44. The molecule has 0 amide bonds. The number of fused-ring (bicyclic) bond motifs is 1. The van der Waals surface area contributed by atoms with Crippen molar-refractivity contribution in [3.05, 3.63) is 72.1 Å². The zero-order chi connectivity index (χ0) is 20.9. The van der Waals surface area contributed by atoms with Crippen LogP contribution in [0.15, 0.2) is 60.8 Å². The molecule has 4 aromatic rings. The third-order valence-corrected chi connectivity index (χ3v) is 4.44. The summed E-state index contributed by atoms with van der Waals surface area (Å²) in [6.07, 6.45) is 1.73. The Morgan fingerprint density at radius 3 is 2.63 bits per heavy atom. The molecule has 2 aromatic heterocycles. The third-order valence-electron chi connectivity index (χ3n) is 4.44. The molecule has 0 N–H and O–H groups in total. The quantitative estimate of drug-likeness (QED) is 0.432. The number of carbonyl (C=O) groups is 1. The molecule has 8 nitrogen and oxygen atoms in total. The molecule has 0 spiro atoms. The van der Waals surface area contributed by atoms with Gasteiger partial charge in [-0.3, -0.25) is 4.98 Å². The van der Waals surface area contributed by atoms with E-state index in [1.54, 1.807) is 26.3 Å². The number of pyridine rings is 1. The number of nitrogens with zero attached hydrogens (tertiary/aromatic N) is 4. The van der Waals surface area contributed by atoms with E-state index >= 15 is 0 Å². The van der Waals surface area contributed by atoms with Gasteiger partial charge in [0, 0.05) is 11.6 Å². The highest BCUT2D eigenvalue weighted by Crippen LogP contribution is 2.28. The summed E-state index contributed by atoms with van der Waals surface area (Å²) < 4.78 is 17.9. The van der Waals surface area contributed by atoms with E-state index < -0.39 is 5.97 Å². The first kappa shape index (κ1) is 19.4. The van der Waals surface area contributed by atoms with E-state index in [0.29, 0.717) is 12.3 Å². The Morgan fingerprint density at radius 2 is 1.87 bits per heavy atom. The van der Waals surface area contributed by atoms with Gasteiger partial charge >= 0.3 is 5.97 Å². The second-order valence-corrected chi connectivity index (χ2v) is 6.43. The maximum atomic E-state index is 12.4. The van der Waals surface area contributed by atoms with Gasteiger partial charge in [0.1, 0.15) is 11.5 Å². The van der Waals surface area contributed by atoms with Crippen LogP contribution in [0.25, 0.3) is 10.9 Å². The molecule has 0 bridgehead atoms. The van der Waals surface area contributed by atoms with Crippen LogP contribution in [0.2, 0.25) is 0 Å². The summed E-state index contributed by atoms with van der Waals surface area (Å²) in [6, 6.07) is 16.8. The molecule has 0 atom stereocenters. The minimum atomic E-state index is -0.587. The number of ether oxygens (including phenoxy) is 3. The molecule has 0 aliphatic rings. The van der Waals surface area contributed by atoms with Crippen molar-refractivity contribution < 1.29 is 19.0 Å². The summed E-state index contributed by atoms with van der Waals surface area (Å²) in [6.45, 7) is 2.32. The zero-order valence-corrected chi connectivity index (χ0v) is 16.6. The van der Waals surface area contributed by atoms with Crippen molar-refractivity contribution >= 4 is 16.9 Å². The molecule has 0 aliphatic heterocycles. The van der Waals surface area contributed by atoms with Crippen molar-refractivity contribution in [3.8, 4) is 17.4 Å². The van der Waals surface area contributed by atoms with Gasteiger partial charge in [0.05, 0.1) is 25.8 Å². The van der Waals surface area contributed by atoms with Crippen LogP contribution < -0.4 is 9.47 Å². The summed E-state index contributed by atoms with van der Waals surface area (Å²) in [4.78, 5) is 16.7. The Balaban J connectivity index is 1.68. The summed E-state index contributed by atoms with van der Waals surface area (Å²) in [7, 11) is 1.61. The normalized spacial score (nSPS) is 10.7. The lowest BCUT2D eigenvalue weighted by Crippen LogP contribution is -2.09. The van der Waals surface area contributed by atoms with Crippen LogP contribution in [0.4, 0.5) is 0 Å². The number of rotatable bonds is 7. The highest BCUT2D eigenvalue weighted by molar-refractivity contribution is 5.89. The standard InChI is InChI=1S/C22H20N4O4/c1-3-29-22(27)20-21(30-18-10-11-19-16(13-18)5-4-12-23-19)26(25-24-20)14-15-6-8-17(28-2)9-7-15/h4-13H,3,14H2,1-2H3. The van der Waals surface area contributed by atoms with E-state index in [4.69, 9.17) is 14.2 Å². The van der Waals surface area contributed by atoms with Gasteiger partial charge in [0.25, 0.3) is 5.88 Å². The Morgan fingerprint density at radius 1 is 1.07 bits per heavy atom. The van der Waals surface area contributed by atoms with E-state index in [0.717, 1.165) is 22.2 Å². The lowest BCUT2D eigenvalue weighted by molar-refractivity contribution is 0.0516. The van der Waals surface area contributed by atoms with Gasteiger partial charge < -0.3 is 14.2 Å². The van der Waals surface area contributed by atoms with Crippen LogP contribution in [0, 0.1) is 0 Å².